The van der Waals surface area contributed by atoms with Crippen LogP contribution in [0.2, 0.25) is 0 Å². The van der Waals surface area contributed by atoms with Crippen molar-refractivity contribution in [3.05, 3.63) is 69.8 Å². The fraction of sp³-hybridized carbons (Fsp3) is 0.235. The molecule has 1 N–H and O–H groups in total. The van der Waals surface area contributed by atoms with Crippen LogP contribution in [0.5, 0.6) is 0 Å². The number of aryl methyl sites for hydroxylation is 1. The third kappa shape index (κ3) is 3.14. The van der Waals surface area contributed by atoms with Gasteiger partial charge < -0.3 is 0 Å². The van der Waals surface area contributed by atoms with Crippen molar-refractivity contribution >= 4 is 17.1 Å². The van der Waals surface area contributed by atoms with E-state index in [4.69, 9.17) is 0 Å². The molecule has 22 heavy (non-hydrogen) atoms. The van der Waals surface area contributed by atoms with Crippen molar-refractivity contribution < 1.29 is 4.92 Å². The molecule has 0 aromatic heterocycles. The molecule has 0 unspecified atom stereocenters. The zero-order chi connectivity index (χ0) is 15.4. The van der Waals surface area contributed by atoms with Gasteiger partial charge in [-0.2, -0.15) is 5.10 Å². The Kier molecular flexibility index (Phi) is 4.14. The van der Waals surface area contributed by atoms with Crippen LogP contribution in [0.4, 0.5) is 11.4 Å². The lowest BCUT2D eigenvalue weighted by Crippen LogP contribution is -2.05. The molecule has 2 aromatic carbocycles. The van der Waals surface area contributed by atoms with Crippen LogP contribution in [0.15, 0.2) is 53.6 Å². The van der Waals surface area contributed by atoms with Gasteiger partial charge in [0.2, 0.25) is 0 Å². The van der Waals surface area contributed by atoms with E-state index in [1.165, 1.54) is 29.7 Å². The Labute approximate surface area is 128 Å². The van der Waals surface area contributed by atoms with E-state index in [1.807, 2.05) is 6.07 Å². The predicted octanol–water partition coefficient (Wildman–Crippen LogP) is 4.14. The minimum Gasteiger partial charge on any atom is -0.278 e. The van der Waals surface area contributed by atoms with Gasteiger partial charge in [0.1, 0.15) is 0 Å². The maximum Gasteiger partial charge on any atom is 0.269 e. The highest BCUT2D eigenvalue weighted by Gasteiger charge is 2.13. The summed E-state index contributed by atoms with van der Waals surface area (Å²) in [6.45, 7) is 0. The number of nitrogens with one attached hydrogen (secondary N) is 1. The van der Waals surface area contributed by atoms with Crippen LogP contribution < -0.4 is 5.43 Å². The number of anilines is 1. The average Bonchev–Trinajstić information content (AvgIpc) is 2.75. The van der Waals surface area contributed by atoms with Crippen molar-refractivity contribution in [3.63, 3.8) is 0 Å². The van der Waals surface area contributed by atoms with Crippen LogP contribution >= 0.6 is 0 Å². The Morgan fingerprint density at radius 3 is 2.50 bits per heavy atom. The number of nitro benzene ring substituents is 1. The molecule has 5 nitrogen and oxygen atoms in total. The van der Waals surface area contributed by atoms with E-state index in [-0.39, 0.29) is 5.69 Å². The number of hydrogen-bond acceptors (Lipinski definition) is 4. The monoisotopic (exact) mass is 295 g/mol. The largest absolute Gasteiger partial charge is 0.278 e. The van der Waals surface area contributed by atoms with Gasteiger partial charge in [-0.1, -0.05) is 24.3 Å². The molecule has 0 saturated carbocycles. The first-order valence-electron chi connectivity index (χ1n) is 7.39. The Morgan fingerprint density at radius 2 is 1.73 bits per heavy atom. The van der Waals surface area contributed by atoms with Gasteiger partial charge in [0.15, 0.2) is 0 Å². The summed E-state index contributed by atoms with van der Waals surface area (Å²) in [4.78, 5) is 10.2. The van der Waals surface area contributed by atoms with Crippen molar-refractivity contribution in [2.45, 2.75) is 25.7 Å². The summed E-state index contributed by atoms with van der Waals surface area (Å²) in [5, 5.41) is 15.2. The van der Waals surface area contributed by atoms with Crippen LogP contribution in [0, 0.1) is 10.1 Å². The summed E-state index contributed by atoms with van der Waals surface area (Å²) in [6.07, 6.45) is 4.33. The lowest BCUT2D eigenvalue weighted by atomic mass is 10.0. The molecule has 1 aliphatic rings. The fourth-order valence-corrected chi connectivity index (χ4v) is 2.67. The fourth-order valence-electron chi connectivity index (χ4n) is 2.67. The van der Waals surface area contributed by atoms with Crippen LogP contribution in [0.3, 0.4) is 0 Å². The van der Waals surface area contributed by atoms with Crippen molar-refractivity contribution in [1.82, 2.24) is 0 Å². The minimum atomic E-state index is -0.406. The molecule has 0 atom stereocenters. The Hall–Kier alpha value is -2.69. The summed E-state index contributed by atoms with van der Waals surface area (Å²) >= 11 is 0. The van der Waals surface area contributed by atoms with Gasteiger partial charge in [-0.15, -0.1) is 0 Å². The zero-order valence-electron chi connectivity index (χ0n) is 12.2. The topological polar surface area (TPSA) is 67.5 Å². The summed E-state index contributed by atoms with van der Waals surface area (Å²) in [7, 11) is 0. The predicted molar refractivity (Wildman–Crippen MR) is 87.3 cm³/mol. The van der Waals surface area contributed by atoms with Crippen molar-refractivity contribution in [2.75, 3.05) is 5.43 Å². The summed E-state index contributed by atoms with van der Waals surface area (Å²) in [5.74, 6) is 0. The quantitative estimate of drug-likeness (QED) is 0.525. The van der Waals surface area contributed by atoms with Gasteiger partial charge in [-0.05, 0) is 43.4 Å². The second-order valence-corrected chi connectivity index (χ2v) is 5.34. The first-order valence-corrected chi connectivity index (χ1v) is 7.39. The highest BCUT2D eigenvalue weighted by Crippen LogP contribution is 2.22. The van der Waals surface area contributed by atoms with Crippen molar-refractivity contribution in [3.8, 4) is 0 Å². The minimum absolute atomic E-state index is 0.0815. The van der Waals surface area contributed by atoms with Gasteiger partial charge in [-0.3, -0.25) is 15.5 Å². The number of hydrazone groups is 1. The Balaban J connectivity index is 1.81. The third-order valence-corrected chi connectivity index (χ3v) is 3.84. The Morgan fingerprint density at radius 1 is 1.00 bits per heavy atom. The standard InChI is InChI=1S/C17H17N3O2/c21-20(22)15-11-9-14(10-12-15)18-19-17-8-4-2-6-13-5-1-3-7-16(13)17/h1,3,5,7,9-12,18H,2,4,6,8H2/b19-17+. The van der Waals surface area contributed by atoms with E-state index < -0.39 is 4.92 Å². The normalized spacial score (nSPS) is 15.9. The number of fused-ring (bicyclic) bond motifs is 1. The van der Waals surface area contributed by atoms with Crippen molar-refractivity contribution in [1.29, 1.82) is 0 Å². The number of hydrogen-bond donors (Lipinski definition) is 1. The number of benzene rings is 2. The number of nitro groups is 1. The first kappa shape index (κ1) is 14.3. The van der Waals surface area contributed by atoms with E-state index in [9.17, 15) is 10.1 Å². The molecule has 0 heterocycles. The molecule has 3 rings (SSSR count). The number of nitrogens with zero attached hydrogens (tertiary/aromatic N) is 2. The molecule has 0 fully saturated rings. The van der Waals surface area contributed by atoms with Crippen LogP contribution in [-0.2, 0) is 6.42 Å². The lowest BCUT2D eigenvalue weighted by molar-refractivity contribution is -0.384. The molecule has 5 heteroatoms. The summed E-state index contributed by atoms with van der Waals surface area (Å²) in [6, 6.07) is 14.7. The number of rotatable bonds is 3. The third-order valence-electron chi connectivity index (χ3n) is 3.84. The Bertz CT molecular complexity index is 708. The lowest BCUT2D eigenvalue weighted by Gasteiger charge is -2.08. The molecular weight excluding hydrogens is 278 g/mol. The van der Waals surface area contributed by atoms with E-state index >= 15 is 0 Å². The molecule has 0 saturated heterocycles. The van der Waals surface area contributed by atoms with E-state index in [2.05, 4.69) is 28.7 Å². The second-order valence-electron chi connectivity index (χ2n) is 5.34. The van der Waals surface area contributed by atoms with Gasteiger partial charge in [-0.25, -0.2) is 0 Å². The van der Waals surface area contributed by atoms with E-state index in [1.54, 1.807) is 12.1 Å². The maximum absolute atomic E-state index is 10.7. The molecule has 0 bridgehead atoms. The highest BCUT2D eigenvalue weighted by atomic mass is 16.6. The zero-order valence-corrected chi connectivity index (χ0v) is 12.2. The number of non-ortho nitro benzene ring substituents is 1. The molecule has 0 aliphatic heterocycles. The van der Waals surface area contributed by atoms with Gasteiger partial charge in [0.25, 0.3) is 5.69 Å². The van der Waals surface area contributed by atoms with Gasteiger partial charge in [0.05, 0.1) is 16.3 Å². The van der Waals surface area contributed by atoms with Gasteiger partial charge in [0, 0.05) is 17.7 Å². The molecule has 0 amide bonds. The summed E-state index contributed by atoms with van der Waals surface area (Å²) < 4.78 is 0. The molecule has 2 aromatic rings. The second kappa shape index (κ2) is 6.39. The smallest absolute Gasteiger partial charge is 0.269 e. The molecule has 0 spiro atoms. The maximum atomic E-state index is 10.7. The molecular formula is C17H17N3O2. The van der Waals surface area contributed by atoms with Crippen LogP contribution in [-0.4, -0.2) is 10.6 Å². The first-order chi connectivity index (χ1) is 10.7. The van der Waals surface area contributed by atoms with Gasteiger partial charge >= 0.3 is 0 Å². The van der Waals surface area contributed by atoms with E-state index in [0.717, 1.165) is 30.7 Å². The van der Waals surface area contributed by atoms with Crippen LogP contribution in [0.25, 0.3) is 0 Å². The summed E-state index contributed by atoms with van der Waals surface area (Å²) in [5.41, 5.74) is 7.43. The SMILES string of the molecule is O=[N+]([O-])c1ccc(N/N=C2\CCCCc3ccccc32)cc1. The molecule has 0 radical (unpaired) electrons. The van der Waals surface area contributed by atoms with E-state index in [0.29, 0.717) is 0 Å². The highest BCUT2D eigenvalue weighted by molar-refractivity contribution is 6.02. The van der Waals surface area contributed by atoms with Crippen molar-refractivity contribution in [2.24, 2.45) is 5.10 Å². The average molecular weight is 295 g/mol. The molecule has 112 valence electrons. The molecule has 1 aliphatic carbocycles. The van der Waals surface area contributed by atoms with Crippen LogP contribution in [0.1, 0.15) is 30.4 Å².